The molecule has 6 nitrogen and oxygen atoms in total. The number of nitrogens with zero attached hydrogens (tertiary/aromatic N) is 4. The fraction of sp³-hybridized carbons (Fsp3) is 0.500. The second-order valence-corrected chi connectivity index (χ2v) is 5.16. The number of nitrogens with one attached hydrogen (secondary N) is 1. The molecule has 0 aliphatic carbocycles. The molecule has 2 heterocycles. The van der Waals surface area contributed by atoms with Crippen LogP contribution in [0.15, 0.2) is 6.07 Å². The lowest BCUT2D eigenvalue weighted by Gasteiger charge is -2.10. The number of ether oxygens (including phenoxy) is 1. The molecule has 0 saturated carbocycles. The van der Waals surface area contributed by atoms with Gasteiger partial charge in [-0.2, -0.15) is 5.10 Å². The summed E-state index contributed by atoms with van der Waals surface area (Å²) in [7, 11) is 1.62. The number of anilines is 1. The minimum absolute atomic E-state index is 0.349. The average Bonchev–Trinajstić information content (AvgIpc) is 2.73. The molecular formula is C14H20ClN5O. The zero-order valence-corrected chi connectivity index (χ0v) is 13.5. The van der Waals surface area contributed by atoms with Crippen LogP contribution < -0.4 is 5.32 Å². The Morgan fingerprint density at radius 2 is 2.10 bits per heavy atom. The largest absolute Gasteiger partial charge is 0.377 e. The molecule has 114 valence electrons. The van der Waals surface area contributed by atoms with E-state index >= 15 is 0 Å². The third kappa shape index (κ3) is 3.51. The van der Waals surface area contributed by atoms with Crippen molar-refractivity contribution in [2.75, 3.05) is 19.0 Å². The van der Waals surface area contributed by atoms with Crippen LogP contribution in [0.3, 0.4) is 0 Å². The van der Waals surface area contributed by atoms with Gasteiger partial charge in [-0.15, -0.1) is 0 Å². The first kappa shape index (κ1) is 15.7. The molecule has 1 N–H and O–H groups in total. The van der Waals surface area contributed by atoms with Crippen molar-refractivity contribution in [1.29, 1.82) is 0 Å². The molecule has 0 atom stereocenters. The third-order valence-corrected chi connectivity index (χ3v) is 3.56. The molecule has 2 aromatic heterocycles. The van der Waals surface area contributed by atoms with E-state index in [1.54, 1.807) is 11.8 Å². The first-order valence-electron chi connectivity index (χ1n) is 6.89. The van der Waals surface area contributed by atoms with Gasteiger partial charge in [0.05, 0.1) is 16.4 Å². The maximum atomic E-state index is 6.21. The van der Waals surface area contributed by atoms with Crippen molar-refractivity contribution < 1.29 is 4.74 Å². The molecule has 0 aliphatic rings. The van der Waals surface area contributed by atoms with E-state index in [1.165, 1.54) is 0 Å². The quantitative estimate of drug-likeness (QED) is 0.889. The maximum absolute atomic E-state index is 6.21. The maximum Gasteiger partial charge on any atom is 0.159 e. The lowest BCUT2D eigenvalue weighted by molar-refractivity contribution is 0.178. The number of hydrogen-bond donors (Lipinski definition) is 1. The van der Waals surface area contributed by atoms with Crippen LogP contribution in [-0.2, 0) is 11.3 Å². The summed E-state index contributed by atoms with van der Waals surface area (Å²) in [6, 6.07) is 1.87. The van der Waals surface area contributed by atoms with Crippen molar-refractivity contribution in [3.05, 3.63) is 28.3 Å². The van der Waals surface area contributed by atoms with E-state index in [2.05, 4.69) is 27.3 Å². The first-order chi connectivity index (χ1) is 10.1. The summed E-state index contributed by atoms with van der Waals surface area (Å²) < 4.78 is 6.86. The lowest BCUT2D eigenvalue weighted by atomic mass is 10.4. The Kier molecular flexibility index (Phi) is 5.14. The standard InChI is InChI=1S/C14H20ClN5O/c1-5-6-16-11-7-13(18-12(17-11)8-21-4)20-10(3)14(15)9(2)19-20/h7H,5-6,8H2,1-4H3,(H,16,17,18). The summed E-state index contributed by atoms with van der Waals surface area (Å²) in [5, 5.41) is 8.35. The molecule has 0 fully saturated rings. The fourth-order valence-electron chi connectivity index (χ4n) is 1.98. The Balaban J connectivity index is 2.45. The molecule has 7 heteroatoms. The highest BCUT2D eigenvalue weighted by atomic mass is 35.5. The van der Waals surface area contributed by atoms with E-state index in [0.29, 0.717) is 23.3 Å². The van der Waals surface area contributed by atoms with Crippen LogP contribution in [0.5, 0.6) is 0 Å². The van der Waals surface area contributed by atoms with Crippen LogP contribution >= 0.6 is 11.6 Å². The molecule has 0 spiro atoms. The monoisotopic (exact) mass is 309 g/mol. The van der Waals surface area contributed by atoms with Crippen molar-refractivity contribution in [3.8, 4) is 5.82 Å². The smallest absolute Gasteiger partial charge is 0.159 e. The van der Waals surface area contributed by atoms with Crippen LogP contribution in [-0.4, -0.2) is 33.4 Å². The molecule has 0 bridgehead atoms. The van der Waals surface area contributed by atoms with E-state index < -0.39 is 0 Å². The summed E-state index contributed by atoms with van der Waals surface area (Å²) in [6.45, 7) is 7.09. The van der Waals surface area contributed by atoms with Crippen molar-refractivity contribution in [2.45, 2.75) is 33.8 Å². The summed E-state index contributed by atoms with van der Waals surface area (Å²) in [5.74, 6) is 2.05. The third-order valence-electron chi connectivity index (χ3n) is 3.01. The zero-order chi connectivity index (χ0) is 15.4. The van der Waals surface area contributed by atoms with Crippen molar-refractivity contribution in [1.82, 2.24) is 19.7 Å². The minimum atomic E-state index is 0.349. The average molecular weight is 310 g/mol. The SMILES string of the molecule is CCCNc1cc(-n2nc(C)c(Cl)c2C)nc(COC)n1. The van der Waals surface area contributed by atoms with Crippen LogP contribution in [0.4, 0.5) is 5.82 Å². The summed E-state index contributed by atoms with van der Waals surface area (Å²) in [5.41, 5.74) is 1.64. The fourth-order valence-corrected chi connectivity index (χ4v) is 2.09. The molecule has 0 saturated heterocycles. The molecule has 0 aromatic carbocycles. The van der Waals surface area contributed by atoms with Crippen molar-refractivity contribution in [3.63, 3.8) is 0 Å². The van der Waals surface area contributed by atoms with E-state index in [-0.39, 0.29) is 0 Å². The predicted octanol–water partition coefficient (Wildman–Crippen LogP) is 2.90. The van der Waals surface area contributed by atoms with Gasteiger partial charge >= 0.3 is 0 Å². The van der Waals surface area contributed by atoms with Crippen LogP contribution in [0, 0.1) is 13.8 Å². The van der Waals surface area contributed by atoms with Gasteiger partial charge in [0.1, 0.15) is 12.4 Å². The van der Waals surface area contributed by atoms with E-state index in [4.69, 9.17) is 16.3 Å². The highest BCUT2D eigenvalue weighted by Gasteiger charge is 2.13. The second-order valence-electron chi connectivity index (χ2n) is 4.78. The highest BCUT2D eigenvalue weighted by molar-refractivity contribution is 6.31. The number of aryl methyl sites for hydroxylation is 1. The lowest BCUT2D eigenvalue weighted by Crippen LogP contribution is -2.10. The molecule has 21 heavy (non-hydrogen) atoms. The molecule has 0 radical (unpaired) electrons. The minimum Gasteiger partial charge on any atom is -0.377 e. The van der Waals surface area contributed by atoms with Gasteiger partial charge in [0, 0.05) is 19.7 Å². The number of halogens is 1. The topological polar surface area (TPSA) is 64.9 Å². The van der Waals surface area contributed by atoms with E-state index in [1.807, 2.05) is 19.9 Å². The number of methoxy groups -OCH3 is 1. The Bertz CT molecular complexity index is 626. The van der Waals surface area contributed by atoms with E-state index in [0.717, 1.165) is 30.2 Å². The van der Waals surface area contributed by atoms with Gasteiger partial charge < -0.3 is 10.1 Å². The second kappa shape index (κ2) is 6.87. The summed E-state index contributed by atoms with van der Waals surface area (Å²) in [4.78, 5) is 8.91. The zero-order valence-electron chi connectivity index (χ0n) is 12.8. The van der Waals surface area contributed by atoms with Gasteiger partial charge in [-0.1, -0.05) is 18.5 Å². The predicted molar refractivity (Wildman–Crippen MR) is 83.1 cm³/mol. The first-order valence-corrected chi connectivity index (χ1v) is 7.27. The number of rotatable bonds is 6. The Morgan fingerprint density at radius 3 is 2.67 bits per heavy atom. The molecule has 2 aromatic rings. The Labute approximate surface area is 129 Å². The molecular weight excluding hydrogens is 290 g/mol. The van der Waals surface area contributed by atoms with Crippen molar-refractivity contribution >= 4 is 17.4 Å². The highest BCUT2D eigenvalue weighted by Crippen LogP contribution is 2.22. The molecule has 0 aliphatic heterocycles. The molecule has 2 rings (SSSR count). The normalized spacial score (nSPS) is 10.9. The number of hydrogen-bond acceptors (Lipinski definition) is 5. The van der Waals surface area contributed by atoms with Crippen LogP contribution in [0.2, 0.25) is 5.02 Å². The van der Waals surface area contributed by atoms with Gasteiger partial charge in [-0.05, 0) is 20.3 Å². The molecule has 0 amide bonds. The number of aromatic nitrogens is 4. The van der Waals surface area contributed by atoms with E-state index in [9.17, 15) is 0 Å². The summed E-state index contributed by atoms with van der Waals surface area (Å²) >= 11 is 6.21. The summed E-state index contributed by atoms with van der Waals surface area (Å²) in [6.07, 6.45) is 1.02. The van der Waals surface area contributed by atoms with Gasteiger partial charge in [0.15, 0.2) is 11.6 Å². The van der Waals surface area contributed by atoms with Crippen LogP contribution in [0.1, 0.15) is 30.6 Å². The van der Waals surface area contributed by atoms with Gasteiger partial charge in [-0.3, -0.25) is 0 Å². The van der Waals surface area contributed by atoms with Gasteiger partial charge in [0.25, 0.3) is 0 Å². The van der Waals surface area contributed by atoms with Crippen molar-refractivity contribution in [2.24, 2.45) is 0 Å². The van der Waals surface area contributed by atoms with Gasteiger partial charge in [-0.25, -0.2) is 14.6 Å². The Hall–Kier alpha value is -1.66. The molecule has 0 unspecified atom stereocenters. The van der Waals surface area contributed by atoms with Crippen LogP contribution in [0.25, 0.3) is 5.82 Å². The Morgan fingerprint density at radius 1 is 1.33 bits per heavy atom. The van der Waals surface area contributed by atoms with Gasteiger partial charge in [0.2, 0.25) is 0 Å².